The topological polar surface area (TPSA) is 55.8 Å². The SMILES string of the molecule is COc1ccc(C2=C3C=CC(=O)C=C3OC3=CC(O)C=CC32)cc1. The molecule has 1 aromatic carbocycles. The average Bonchev–Trinajstić information content (AvgIpc) is 2.59. The number of aliphatic hydroxyl groups excluding tert-OH is 1. The highest BCUT2D eigenvalue weighted by atomic mass is 16.5. The van der Waals surface area contributed by atoms with E-state index >= 15 is 0 Å². The van der Waals surface area contributed by atoms with Gasteiger partial charge in [-0.25, -0.2) is 0 Å². The number of methoxy groups -OCH3 is 1. The van der Waals surface area contributed by atoms with Crippen LogP contribution in [-0.2, 0) is 9.53 Å². The number of rotatable bonds is 2. The Kier molecular flexibility index (Phi) is 3.47. The molecule has 24 heavy (non-hydrogen) atoms. The highest BCUT2D eigenvalue weighted by molar-refractivity contribution is 6.03. The summed E-state index contributed by atoms with van der Waals surface area (Å²) in [5.41, 5.74) is 2.96. The molecule has 1 heterocycles. The Bertz CT molecular complexity index is 850. The molecule has 0 bridgehead atoms. The summed E-state index contributed by atoms with van der Waals surface area (Å²) >= 11 is 0. The molecule has 3 aliphatic rings. The highest BCUT2D eigenvalue weighted by Crippen LogP contribution is 2.45. The van der Waals surface area contributed by atoms with Crippen LogP contribution in [0.4, 0.5) is 0 Å². The molecule has 120 valence electrons. The molecular formula is C20H16O4. The van der Waals surface area contributed by atoms with Crippen LogP contribution in [0.15, 0.2) is 77.8 Å². The van der Waals surface area contributed by atoms with E-state index in [1.807, 2.05) is 30.3 Å². The van der Waals surface area contributed by atoms with Gasteiger partial charge in [-0.3, -0.25) is 4.79 Å². The van der Waals surface area contributed by atoms with Crippen LogP contribution in [0.25, 0.3) is 5.57 Å². The van der Waals surface area contributed by atoms with Gasteiger partial charge < -0.3 is 14.6 Å². The first-order chi connectivity index (χ1) is 11.7. The molecule has 0 spiro atoms. The van der Waals surface area contributed by atoms with Gasteiger partial charge in [-0.15, -0.1) is 0 Å². The summed E-state index contributed by atoms with van der Waals surface area (Å²) in [5, 5.41) is 9.85. The fraction of sp³-hybridized carbons (Fsp3) is 0.150. The fourth-order valence-electron chi connectivity index (χ4n) is 3.19. The van der Waals surface area contributed by atoms with E-state index < -0.39 is 6.10 Å². The molecule has 1 N–H and O–H groups in total. The molecule has 2 aliphatic carbocycles. The Morgan fingerprint density at radius 2 is 1.92 bits per heavy atom. The quantitative estimate of drug-likeness (QED) is 0.851. The Hall–Kier alpha value is -2.85. The van der Waals surface area contributed by atoms with E-state index in [1.165, 1.54) is 6.08 Å². The van der Waals surface area contributed by atoms with Crippen molar-refractivity contribution in [1.29, 1.82) is 0 Å². The van der Waals surface area contributed by atoms with E-state index in [1.54, 1.807) is 31.4 Å². The lowest BCUT2D eigenvalue weighted by Crippen LogP contribution is -2.22. The van der Waals surface area contributed by atoms with Crippen molar-refractivity contribution in [2.24, 2.45) is 5.92 Å². The summed E-state index contributed by atoms with van der Waals surface area (Å²) in [6, 6.07) is 7.80. The molecule has 0 amide bonds. The number of carbonyl (C=O) groups excluding carboxylic acids is 1. The molecule has 2 atom stereocenters. The maximum Gasteiger partial charge on any atom is 0.182 e. The van der Waals surface area contributed by atoms with Gasteiger partial charge in [-0.2, -0.15) is 0 Å². The van der Waals surface area contributed by atoms with Gasteiger partial charge in [0.05, 0.1) is 19.1 Å². The molecule has 0 saturated carbocycles. The zero-order valence-corrected chi connectivity index (χ0v) is 13.1. The highest BCUT2D eigenvalue weighted by Gasteiger charge is 2.33. The zero-order chi connectivity index (χ0) is 16.7. The minimum absolute atomic E-state index is 0.0909. The number of ketones is 1. The van der Waals surface area contributed by atoms with Crippen molar-refractivity contribution in [3.05, 3.63) is 83.4 Å². The lowest BCUT2D eigenvalue weighted by Gasteiger charge is -2.33. The number of hydrogen-bond acceptors (Lipinski definition) is 4. The molecule has 4 heteroatoms. The Balaban J connectivity index is 1.90. The van der Waals surface area contributed by atoms with Crippen molar-refractivity contribution < 1.29 is 19.4 Å². The molecule has 2 unspecified atom stereocenters. The van der Waals surface area contributed by atoms with Gasteiger partial charge >= 0.3 is 0 Å². The van der Waals surface area contributed by atoms with Crippen molar-refractivity contribution in [2.45, 2.75) is 6.10 Å². The van der Waals surface area contributed by atoms with Gasteiger partial charge in [0.25, 0.3) is 0 Å². The second kappa shape index (κ2) is 5.65. The number of fused-ring (bicyclic) bond motifs is 2. The number of carbonyl (C=O) groups is 1. The number of ether oxygens (including phenoxy) is 2. The molecule has 0 saturated heterocycles. The van der Waals surface area contributed by atoms with E-state index in [0.717, 1.165) is 22.5 Å². The van der Waals surface area contributed by atoms with Crippen molar-refractivity contribution in [1.82, 2.24) is 0 Å². The summed E-state index contributed by atoms with van der Waals surface area (Å²) in [7, 11) is 1.63. The number of hydrogen-bond donors (Lipinski definition) is 1. The van der Waals surface area contributed by atoms with Crippen LogP contribution in [0.3, 0.4) is 0 Å². The third-order valence-electron chi connectivity index (χ3n) is 4.33. The van der Waals surface area contributed by atoms with Gasteiger partial charge in [0.2, 0.25) is 0 Å². The van der Waals surface area contributed by atoms with E-state index in [4.69, 9.17) is 9.47 Å². The largest absolute Gasteiger partial charge is 0.497 e. The van der Waals surface area contributed by atoms with Crippen LogP contribution >= 0.6 is 0 Å². The number of benzene rings is 1. The normalized spacial score (nSPS) is 24.7. The minimum Gasteiger partial charge on any atom is -0.497 e. The molecule has 0 aromatic heterocycles. The second-order valence-electron chi connectivity index (χ2n) is 5.82. The van der Waals surface area contributed by atoms with Gasteiger partial charge in [0.1, 0.15) is 17.3 Å². The summed E-state index contributed by atoms with van der Waals surface area (Å²) in [5.74, 6) is 1.76. The van der Waals surface area contributed by atoms with Crippen LogP contribution in [0, 0.1) is 5.92 Å². The van der Waals surface area contributed by atoms with Crippen molar-refractivity contribution >= 4 is 11.4 Å². The Labute approximate surface area is 139 Å². The molecule has 4 nitrogen and oxygen atoms in total. The second-order valence-corrected chi connectivity index (χ2v) is 5.82. The number of aliphatic hydroxyl groups is 1. The maximum atomic E-state index is 11.7. The predicted molar refractivity (Wildman–Crippen MR) is 89.9 cm³/mol. The number of allylic oxidation sites excluding steroid dienone is 4. The standard InChI is InChI=1S/C20H16O4/c1-23-15-6-2-12(3-7-15)20-16-8-4-13(21)10-18(16)24-19-11-14(22)5-9-17(19)20/h2-11,13,16,21H,1H3. The monoisotopic (exact) mass is 320 g/mol. The van der Waals surface area contributed by atoms with Crippen LogP contribution < -0.4 is 4.74 Å². The van der Waals surface area contributed by atoms with Crippen molar-refractivity contribution in [3.63, 3.8) is 0 Å². The van der Waals surface area contributed by atoms with Gasteiger partial charge in [0.15, 0.2) is 5.78 Å². The van der Waals surface area contributed by atoms with E-state index in [9.17, 15) is 9.90 Å². The smallest absolute Gasteiger partial charge is 0.182 e. The molecule has 4 rings (SSSR count). The first-order valence-corrected chi connectivity index (χ1v) is 7.74. The Morgan fingerprint density at radius 1 is 1.12 bits per heavy atom. The molecule has 1 aromatic rings. The summed E-state index contributed by atoms with van der Waals surface area (Å²) < 4.78 is 11.1. The van der Waals surface area contributed by atoms with Crippen LogP contribution in [0.2, 0.25) is 0 Å². The predicted octanol–water partition coefficient (Wildman–Crippen LogP) is 2.93. The first kappa shape index (κ1) is 14.7. The van der Waals surface area contributed by atoms with Crippen molar-refractivity contribution in [2.75, 3.05) is 7.11 Å². The molecule has 1 aliphatic heterocycles. The lowest BCUT2D eigenvalue weighted by molar-refractivity contribution is -0.110. The van der Waals surface area contributed by atoms with Crippen LogP contribution in [0.5, 0.6) is 5.75 Å². The third-order valence-corrected chi connectivity index (χ3v) is 4.33. The fourth-order valence-corrected chi connectivity index (χ4v) is 3.19. The summed E-state index contributed by atoms with van der Waals surface area (Å²) in [6.45, 7) is 0. The van der Waals surface area contributed by atoms with E-state index in [-0.39, 0.29) is 11.7 Å². The Morgan fingerprint density at radius 3 is 2.67 bits per heavy atom. The van der Waals surface area contributed by atoms with E-state index in [2.05, 4.69) is 0 Å². The average molecular weight is 320 g/mol. The van der Waals surface area contributed by atoms with Gasteiger partial charge in [0, 0.05) is 11.6 Å². The summed E-state index contributed by atoms with van der Waals surface area (Å²) in [4.78, 5) is 11.7. The van der Waals surface area contributed by atoms with Crippen LogP contribution in [-0.4, -0.2) is 24.1 Å². The van der Waals surface area contributed by atoms with Gasteiger partial charge in [-0.1, -0.05) is 24.3 Å². The van der Waals surface area contributed by atoms with Crippen molar-refractivity contribution in [3.8, 4) is 5.75 Å². The van der Waals surface area contributed by atoms with Crippen LogP contribution in [0.1, 0.15) is 5.56 Å². The minimum atomic E-state index is -0.676. The first-order valence-electron chi connectivity index (χ1n) is 7.74. The lowest BCUT2D eigenvalue weighted by atomic mass is 9.80. The summed E-state index contributed by atoms with van der Waals surface area (Å²) in [6.07, 6.45) is 9.51. The molecule has 0 radical (unpaired) electrons. The third kappa shape index (κ3) is 2.41. The van der Waals surface area contributed by atoms with Gasteiger partial charge in [-0.05, 0) is 41.5 Å². The maximum absolute atomic E-state index is 11.7. The zero-order valence-electron chi connectivity index (χ0n) is 13.1. The molecule has 0 fully saturated rings. The van der Waals surface area contributed by atoms with E-state index in [0.29, 0.717) is 11.5 Å². The molecular weight excluding hydrogens is 304 g/mol.